The van der Waals surface area contributed by atoms with Crippen LogP contribution in [0.25, 0.3) is 0 Å². The summed E-state index contributed by atoms with van der Waals surface area (Å²) in [6.07, 6.45) is 0.815. The molecule has 0 aliphatic carbocycles. The van der Waals surface area contributed by atoms with Crippen LogP contribution in [0.3, 0.4) is 0 Å². The predicted molar refractivity (Wildman–Crippen MR) is 58.8 cm³/mol. The summed E-state index contributed by atoms with van der Waals surface area (Å²) in [6, 6.07) is 2.87. The normalized spacial score (nSPS) is 26.0. The van der Waals surface area contributed by atoms with Crippen molar-refractivity contribution in [3.8, 4) is 0 Å². The molecular formula is C12H16O5. The van der Waals surface area contributed by atoms with Crippen molar-refractivity contribution in [2.75, 3.05) is 6.61 Å². The quantitative estimate of drug-likeness (QED) is 0.839. The number of rotatable bonds is 4. The highest BCUT2D eigenvalue weighted by Crippen LogP contribution is 2.35. The van der Waals surface area contributed by atoms with Gasteiger partial charge in [0, 0.05) is 12.5 Å². The third-order valence-corrected chi connectivity index (χ3v) is 3.20. The fraction of sp³-hybridized carbons (Fsp3) is 0.583. The van der Waals surface area contributed by atoms with Crippen LogP contribution in [-0.2, 0) is 4.74 Å². The van der Waals surface area contributed by atoms with Gasteiger partial charge in [-0.05, 0) is 25.0 Å². The second-order valence-corrected chi connectivity index (χ2v) is 4.22. The molecule has 1 fully saturated rings. The minimum absolute atomic E-state index is 0.0170. The Morgan fingerprint density at radius 2 is 2.35 bits per heavy atom. The number of aromatic carboxylic acids is 1. The molecule has 0 spiro atoms. The summed E-state index contributed by atoms with van der Waals surface area (Å²) < 4.78 is 10.6. The van der Waals surface area contributed by atoms with E-state index in [4.69, 9.17) is 14.3 Å². The molecule has 0 saturated carbocycles. The van der Waals surface area contributed by atoms with Crippen molar-refractivity contribution in [2.24, 2.45) is 5.92 Å². The molecule has 0 radical (unpaired) electrons. The Hall–Kier alpha value is -1.33. The molecule has 5 nitrogen and oxygen atoms in total. The molecule has 1 aliphatic heterocycles. The van der Waals surface area contributed by atoms with Gasteiger partial charge in [-0.3, -0.25) is 0 Å². The van der Waals surface area contributed by atoms with Gasteiger partial charge in [0.05, 0.1) is 6.10 Å². The van der Waals surface area contributed by atoms with Crippen molar-refractivity contribution >= 4 is 5.97 Å². The van der Waals surface area contributed by atoms with Crippen LogP contribution in [0.2, 0.25) is 0 Å². The van der Waals surface area contributed by atoms with Gasteiger partial charge in [0.1, 0.15) is 11.9 Å². The van der Waals surface area contributed by atoms with E-state index in [-0.39, 0.29) is 17.8 Å². The first-order valence-electron chi connectivity index (χ1n) is 5.76. The Kier molecular flexibility index (Phi) is 3.49. The van der Waals surface area contributed by atoms with E-state index in [1.54, 1.807) is 0 Å². The largest absolute Gasteiger partial charge is 0.475 e. The van der Waals surface area contributed by atoms with Crippen molar-refractivity contribution in [2.45, 2.75) is 32.0 Å². The van der Waals surface area contributed by atoms with Crippen molar-refractivity contribution < 1.29 is 24.2 Å². The van der Waals surface area contributed by atoms with Gasteiger partial charge in [-0.25, -0.2) is 4.79 Å². The molecule has 3 atom stereocenters. The average Bonchev–Trinajstić information content (AvgIpc) is 2.96. The standard InChI is InChI=1S/C12H16O5/c1-2-8-7(5-6-16-8)11(13)9-3-4-10(17-9)12(14)15/h3-4,7-8,11,13H,2,5-6H2,1H3,(H,14,15). The van der Waals surface area contributed by atoms with Crippen LogP contribution in [0.1, 0.15) is 42.2 Å². The maximum Gasteiger partial charge on any atom is 0.371 e. The second-order valence-electron chi connectivity index (χ2n) is 4.22. The van der Waals surface area contributed by atoms with E-state index in [9.17, 15) is 9.90 Å². The summed E-state index contributed by atoms with van der Waals surface area (Å²) in [5.41, 5.74) is 0. The van der Waals surface area contributed by atoms with E-state index in [1.807, 2.05) is 6.92 Å². The van der Waals surface area contributed by atoms with E-state index >= 15 is 0 Å². The maximum absolute atomic E-state index is 10.7. The number of aliphatic hydroxyl groups is 1. The van der Waals surface area contributed by atoms with Crippen LogP contribution in [-0.4, -0.2) is 28.9 Å². The van der Waals surface area contributed by atoms with Crippen LogP contribution >= 0.6 is 0 Å². The third-order valence-electron chi connectivity index (χ3n) is 3.20. The lowest BCUT2D eigenvalue weighted by atomic mass is 9.92. The summed E-state index contributed by atoms with van der Waals surface area (Å²) in [5.74, 6) is -0.992. The SMILES string of the molecule is CCC1OCCC1C(O)c1ccc(C(=O)O)o1. The number of carboxylic acid groups (broad SMARTS) is 1. The number of ether oxygens (including phenoxy) is 1. The fourth-order valence-corrected chi connectivity index (χ4v) is 2.28. The zero-order valence-corrected chi connectivity index (χ0v) is 9.63. The van der Waals surface area contributed by atoms with E-state index in [0.717, 1.165) is 12.8 Å². The highest BCUT2D eigenvalue weighted by molar-refractivity contribution is 5.84. The highest BCUT2D eigenvalue weighted by Gasteiger charge is 2.35. The second kappa shape index (κ2) is 4.89. The van der Waals surface area contributed by atoms with Gasteiger partial charge in [-0.2, -0.15) is 0 Å². The van der Waals surface area contributed by atoms with Gasteiger partial charge >= 0.3 is 5.97 Å². The molecule has 5 heteroatoms. The molecule has 0 amide bonds. The molecular weight excluding hydrogens is 224 g/mol. The Morgan fingerprint density at radius 1 is 1.59 bits per heavy atom. The van der Waals surface area contributed by atoms with Crippen LogP contribution in [0.4, 0.5) is 0 Å². The number of furan rings is 1. The first kappa shape index (κ1) is 12.1. The molecule has 1 saturated heterocycles. The molecule has 17 heavy (non-hydrogen) atoms. The molecule has 1 aromatic rings. The fourth-order valence-electron chi connectivity index (χ4n) is 2.28. The monoisotopic (exact) mass is 240 g/mol. The molecule has 1 aromatic heterocycles. The van der Waals surface area contributed by atoms with Gasteiger partial charge < -0.3 is 19.4 Å². The van der Waals surface area contributed by atoms with Crippen molar-refractivity contribution in [1.82, 2.24) is 0 Å². The molecule has 0 bridgehead atoms. The van der Waals surface area contributed by atoms with Gasteiger partial charge in [0.15, 0.2) is 0 Å². The van der Waals surface area contributed by atoms with E-state index in [2.05, 4.69) is 0 Å². The Balaban J connectivity index is 2.12. The molecule has 0 aromatic carbocycles. The molecule has 94 valence electrons. The highest BCUT2D eigenvalue weighted by atomic mass is 16.5. The van der Waals surface area contributed by atoms with Crippen LogP contribution in [0.5, 0.6) is 0 Å². The number of carboxylic acids is 1. The Bertz CT molecular complexity index is 397. The number of carbonyl (C=O) groups is 1. The lowest BCUT2D eigenvalue weighted by molar-refractivity contribution is 0.0201. The smallest absolute Gasteiger partial charge is 0.371 e. The number of aliphatic hydroxyl groups excluding tert-OH is 1. The van der Waals surface area contributed by atoms with Crippen LogP contribution in [0.15, 0.2) is 16.5 Å². The molecule has 2 rings (SSSR count). The first-order chi connectivity index (χ1) is 8.13. The Labute approximate surface area is 99.0 Å². The van der Waals surface area contributed by atoms with Gasteiger partial charge in [-0.15, -0.1) is 0 Å². The lowest BCUT2D eigenvalue weighted by Crippen LogP contribution is -2.21. The van der Waals surface area contributed by atoms with Gasteiger partial charge in [0.25, 0.3) is 0 Å². The van der Waals surface area contributed by atoms with E-state index in [1.165, 1.54) is 12.1 Å². The van der Waals surface area contributed by atoms with E-state index < -0.39 is 12.1 Å². The molecule has 3 unspecified atom stereocenters. The summed E-state index contributed by atoms with van der Waals surface area (Å²) in [5, 5.41) is 18.9. The van der Waals surface area contributed by atoms with Gasteiger partial charge in [0.2, 0.25) is 5.76 Å². The Morgan fingerprint density at radius 3 is 2.94 bits per heavy atom. The topological polar surface area (TPSA) is 79.9 Å². The summed E-state index contributed by atoms with van der Waals surface area (Å²) in [6.45, 7) is 2.63. The zero-order chi connectivity index (χ0) is 12.4. The van der Waals surface area contributed by atoms with E-state index in [0.29, 0.717) is 12.4 Å². The zero-order valence-electron chi connectivity index (χ0n) is 9.63. The minimum Gasteiger partial charge on any atom is -0.475 e. The van der Waals surface area contributed by atoms with Gasteiger partial charge in [-0.1, -0.05) is 6.92 Å². The van der Waals surface area contributed by atoms with Crippen LogP contribution < -0.4 is 0 Å². The molecule has 2 N–H and O–H groups in total. The summed E-state index contributed by atoms with van der Waals surface area (Å²) in [7, 11) is 0. The minimum atomic E-state index is -1.13. The average molecular weight is 240 g/mol. The first-order valence-corrected chi connectivity index (χ1v) is 5.76. The maximum atomic E-state index is 10.7. The lowest BCUT2D eigenvalue weighted by Gasteiger charge is -2.20. The predicted octanol–water partition coefficient (Wildman–Crippen LogP) is 1.83. The van der Waals surface area contributed by atoms with Crippen molar-refractivity contribution in [3.63, 3.8) is 0 Å². The number of hydrogen-bond acceptors (Lipinski definition) is 4. The van der Waals surface area contributed by atoms with Crippen LogP contribution in [0, 0.1) is 5.92 Å². The summed E-state index contributed by atoms with van der Waals surface area (Å²) >= 11 is 0. The number of hydrogen-bond donors (Lipinski definition) is 2. The molecule has 2 heterocycles. The van der Waals surface area contributed by atoms with Crippen molar-refractivity contribution in [3.05, 3.63) is 23.7 Å². The summed E-state index contributed by atoms with van der Waals surface area (Å²) in [4.78, 5) is 10.7. The van der Waals surface area contributed by atoms with Crippen molar-refractivity contribution in [1.29, 1.82) is 0 Å². The third kappa shape index (κ3) is 2.35. The molecule has 1 aliphatic rings.